The Labute approximate surface area is 208 Å². The molecule has 0 aromatic heterocycles. The summed E-state index contributed by atoms with van der Waals surface area (Å²) in [7, 11) is 0. The number of carbonyl (C=O) groups is 1. The molecule has 1 fully saturated rings. The quantitative estimate of drug-likeness (QED) is 0.344. The first kappa shape index (κ1) is 24.0. The molecule has 0 spiro atoms. The van der Waals surface area contributed by atoms with Crippen LogP contribution < -0.4 is 10.2 Å². The van der Waals surface area contributed by atoms with Crippen LogP contribution in [0.4, 0.5) is 17.1 Å². The molecule has 1 N–H and O–H groups in total. The lowest BCUT2D eigenvalue weighted by Gasteiger charge is -2.36. The predicted molar refractivity (Wildman–Crippen MR) is 136 cm³/mol. The Kier molecular flexibility index (Phi) is 7.36. The molecule has 0 bridgehead atoms. The van der Waals surface area contributed by atoms with Crippen LogP contribution in [0.2, 0.25) is 10.0 Å². The summed E-state index contributed by atoms with van der Waals surface area (Å²) in [5.74, 6) is -0.418. The summed E-state index contributed by atoms with van der Waals surface area (Å²) in [6.07, 6.45) is 0. The van der Waals surface area contributed by atoms with Crippen molar-refractivity contribution in [2.24, 2.45) is 0 Å². The van der Waals surface area contributed by atoms with Gasteiger partial charge in [0.2, 0.25) is 0 Å². The topological polar surface area (TPSA) is 78.7 Å². The standard InChI is InChI=1S/C25H24Cl2N4O3/c1-17-20(6-4-8-23(17)31(33)34)25(32)28-19-9-10-24(22(27)15-19)30-13-11-29(12-14-30)16-18-5-2-3-7-21(18)26/h2-10,15H,11-14,16H2,1H3,(H,28,32). The van der Waals surface area contributed by atoms with Crippen molar-refractivity contribution in [1.82, 2.24) is 4.90 Å². The summed E-state index contributed by atoms with van der Waals surface area (Å²) in [5, 5.41) is 15.3. The summed E-state index contributed by atoms with van der Waals surface area (Å²) in [6, 6.07) is 17.7. The fraction of sp³-hybridized carbons (Fsp3) is 0.240. The van der Waals surface area contributed by atoms with Gasteiger partial charge in [-0.15, -0.1) is 0 Å². The van der Waals surface area contributed by atoms with E-state index in [0.29, 0.717) is 16.3 Å². The van der Waals surface area contributed by atoms with E-state index in [1.165, 1.54) is 12.1 Å². The minimum absolute atomic E-state index is 0.0882. The zero-order valence-corrected chi connectivity index (χ0v) is 20.1. The minimum Gasteiger partial charge on any atom is -0.368 e. The van der Waals surface area contributed by atoms with Crippen molar-refractivity contribution < 1.29 is 9.72 Å². The van der Waals surface area contributed by atoms with Gasteiger partial charge in [-0.2, -0.15) is 0 Å². The van der Waals surface area contributed by atoms with Gasteiger partial charge in [0.05, 0.1) is 15.6 Å². The molecule has 1 amide bonds. The summed E-state index contributed by atoms with van der Waals surface area (Å²) >= 11 is 12.9. The molecular formula is C25H24Cl2N4O3. The van der Waals surface area contributed by atoms with Gasteiger partial charge in [0.15, 0.2) is 0 Å². The van der Waals surface area contributed by atoms with Crippen LogP contribution in [0.3, 0.4) is 0 Å². The van der Waals surface area contributed by atoms with E-state index in [9.17, 15) is 14.9 Å². The molecule has 34 heavy (non-hydrogen) atoms. The van der Waals surface area contributed by atoms with E-state index in [-0.39, 0.29) is 11.3 Å². The van der Waals surface area contributed by atoms with Gasteiger partial charge in [0, 0.05) is 60.6 Å². The zero-order chi connectivity index (χ0) is 24.2. The molecule has 176 valence electrons. The number of benzene rings is 3. The van der Waals surface area contributed by atoms with E-state index in [2.05, 4.69) is 15.1 Å². The molecule has 1 heterocycles. The van der Waals surface area contributed by atoms with Crippen molar-refractivity contribution in [3.8, 4) is 0 Å². The van der Waals surface area contributed by atoms with Crippen LogP contribution in [-0.4, -0.2) is 41.9 Å². The lowest BCUT2D eigenvalue weighted by atomic mass is 10.1. The number of hydrogen-bond donors (Lipinski definition) is 1. The van der Waals surface area contributed by atoms with Crippen LogP contribution in [0.15, 0.2) is 60.7 Å². The van der Waals surface area contributed by atoms with Crippen LogP contribution in [-0.2, 0) is 6.54 Å². The number of anilines is 2. The average molecular weight is 499 g/mol. The third-order valence-corrected chi connectivity index (χ3v) is 6.69. The number of nitro benzene ring substituents is 1. The number of rotatable bonds is 6. The second-order valence-corrected chi connectivity index (χ2v) is 9.00. The molecule has 1 aliphatic rings. The fourth-order valence-corrected chi connectivity index (χ4v) is 4.62. The minimum atomic E-state index is -0.494. The van der Waals surface area contributed by atoms with Gasteiger partial charge in [0.25, 0.3) is 11.6 Å². The largest absolute Gasteiger partial charge is 0.368 e. The third kappa shape index (κ3) is 5.33. The van der Waals surface area contributed by atoms with E-state index in [1.54, 1.807) is 25.1 Å². The van der Waals surface area contributed by atoms with E-state index >= 15 is 0 Å². The predicted octanol–water partition coefficient (Wildman–Crippen LogP) is 5.78. The maximum absolute atomic E-state index is 12.7. The number of nitro groups is 1. The summed E-state index contributed by atoms with van der Waals surface area (Å²) in [5.41, 5.74) is 3.04. The Balaban J connectivity index is 1.39. The number of carbonyl (C=O) groups excluding carboxylic acids is 1. The molecule has 1 aliphatic heterocycles. The van der Waals surface area contributed by atoms with Crippen LogP contribution in [0.25, 0.3) is 0 Å². The van der Waals surface area contributed by atoms with Crippen LogP contribution in [0, 0.1) is 17.0 Å². The van der Waals surface area contributed by atoms with Crippen LogP contribution in [0.5, 0.6) is 0 Å². The van der Waals surface area contributed by atoms with Gasteiger partial charge >= 0.3 is 0 Å². The molecule has 4 rings (SSSR count). The Morgan fingerprint density at radius 2 is 1.74 bits per heavy atom. The Morgan fingerprint density at radius 1 is 1.00 bits per heavy atom. The molecule has 1 saturated heterocycles. The molecule has 3 aromatic rings. The second kappa shape index (κ2) is 10.4. The molecule has 0 radical (unpaired) electrons. The smallest absolute Gasteiger partial charge is 0.273 e. The van der Waals surface area contributed by atoms with Gasteiger partial charge in [-0.05, 0) is 42.8 Å². The van der Waals surface area contributed by atoms with Crippen molar-refractivity contribution in [2.75, 3.05) is 36.4 Å². The number of nitrogens with zero attached hydrogens (tertiary/aromatic N) is 3. The molecule has 9 heteroatoms. The van der Waals surface area contributed by atoms with Crippen molar-refractivity contribution in [1.29, 1.82) is 0 Å². The Morgan fingerprint density at radius 3 is 2.41 bits per heavy atom. The van der Waals surface area contributed by atoms with Crippen molar-refractivity contribution in [2.45, 2.75) is 13.5 Å². The highest BCUT2D eigenvalue weighted by Gasteiger charge is 2.21. The van der Waals surface area contributed by atoms with Gasteiger partial charge < -0.3 is 10.2 Å². The Hall–Kier alpha value is -3.13. The number of halogens is 2. The normalized spacial score (nSPS) is 14.1. The van der Waals surface area contributed by atoms with E-state index in [1.807, 2.05) is 30.3 Å². The fourth-order valence-electron chi connectivity index (χ4n) is 4.12. The highest BCUT2D eigenvalue weighted by Crippen LogP contribution is 2.31. The number of piperazine rings is 1. The van der Waals surface area contributed by atoms with E-state index in [4.69, 9.17) is 23.2 Å². The van der Waals surface area contributed by atoms with Crippen LogP contribution in [0.1, 0.15) is 21.5 Å². The Bertz CT molecular complexity index is 1230. The maximum Gasteiger partial charge on any atom is 0.273 e. The van der Waals surface area contributed by atoms with Gasteiger partial charge in [-0.3, -0.25) is 19.8 Å². The van der Waals surface area contributed by atoms with E-state index in [0.717, 1.165) is 49.0 Å². The summed E-state index contributed by atoms with van der Waals surface area (Å²) in [4.78, 5) is 28.0. The first-order valence-electron chi connectivity index (χ1n) is 10.9. The monoisotopic (exact) mass is 498 g/mol. The number of amides is 1. The molecule has 0 unspecified atom stereocenters. The third-order valence-electron chi connectivity index (χ3n) is 6.02. The molecule has 0 saturated carbocycles. The summed E-state index contributed by atoms with van der Waals surface area (Å²) in [6.45, 7) is 5.78. The lowest BCUT2D eigenvalue weighted by molar-refractivity contribution is -0.385. The van der Waals surface area contributed by atoms with Crippen LogP contribution >= 0.6 is 23.2 Å². The SMILES string of the molecule is Cc1c(C(=O)Nc2ccc(N3CCN(Cc4ccccc4Cl)CC3)c(Cl)c2)cccc1[N+](=O)[O-]. The average Bonchev–Trinajstić information content (AvgIpc) is 2.81. The van der Waals surface area contributed by atoms with Crippen molar-refractivity contribution >= 4 is 46.2 Å². The molecule has 0 atom stereocenters. The van der Waals surface area contributed by atoms with Crippen molar-refractivity contribution in [3.05, 3.63) is 97.5 Å². The van der Waals surface area contributed by atoms with E-state index < -0.39 is 10.8 Å². The number of hydrogen-bond acceptors (Lipinski definition) is 5. The molecular weight excluding hydrogens is 475 g/mol. The van der Waals surface area contributed by atoms with Gasteiger partial charge in [0.1, 0.15) is 0 Å². The molecule has 7 nitrogen and oxygen atoms in total. The highest BCUT2D eigenvalue weighted by molar-refractivity contribution is 6.33. The first-order valence-corrected chi connectivity index (χ1v) is 11.6. The second-order valence-electron chi connectivity index (χ2n) is 8.18. The first-order chi connectivity index (χ1) is 16.3. The van der Waals surface area contributed by atoms with Gasteiger partial charge in [-0.25, -0.2) is 0 Å². The number of nitrogens with one attached hydrogen (secondary N) is 1. The zero-order valence-electron chi connectivity index (χ0n) is 18.6. The summed E-state index contributed by atoms with van der Waals surface area (Å²) < 4.78 is 0. The molecule has 3 aromatic carbocycles. The van der Waals surface area contributed by atoms with Gasteiger partial charge in [-0.1, -0.05) is 47.5 Å². The molecule has 0 aliphatic carbocycles. The lowest BCUT2D eigenvalue weighted by Crippen LogP contribution is -2.46. The maximum atomic E-state index is 12.7. The van der Waals surface area contributed by atoms with Crippen molar-refractivity contribution in [3.63, 3.8) is 0 Å². The highest BCUT2D eigenvalue weighted by atomic mass is 35.5.